The van der Waals surface area contributed by atoms with Gasteiger partial charge in [-0.25, -0.2) is 0 Å². The van der Waals surface area contributed by atoms with Gasteiger partial charge in [0, 0.05) is 5.41 Å². The Morgan fingerprint density at radius 2 is 1.00 bits per heavy atom. The highest BCUT2D eigenvalue weighted by atomic mass is 16.5. The number of hydrogen-bond donors (Lipinski definition) is 0. The Bertz CT molecular complexity index is 306. The molecule has 0 heterocycles. The van der Waals surface area contributed by atoms with Gasteiger partial charge >= 0.3 is 0 Å². The number of rotatable bonds is 5. The van der Waals surface area contributed by atoms with Gasteiger partial charge in [0.05, 0.1) is 29.8 Å². The summed E-state index contributed by atoms with van der Waals surface area (Å²) in [6.45, 7) is 20.5. The van der Waals surface area contributed by atoms with Crippen molar-refractivity contribution >= 4 is 5.78 Å². The van der Waals surface area contributed by atoms with E-state index in [1.54, 1.807) is 0 Å². The van der Waals surface area contributed by atoms with E-state index in [1.807, 2.05) is 69.2 Å². The standard InChI is InChI=1S/C17H34O3/c1-14(2,3)13(18)17(10,11-19-15(4,5)6)12-20-16(7,8)9/h11-12H2,1-10H3. The maximum absolute atomic E-state index is 12.8. The van der Waals surface area contributed by atoms with Crippen LogP contribution in [0.15, 0.2) is 0 Å². The molecule has 0 saturated heterocycles. The highest BCUT2D eigenvalue weighted by molar-refractivity contribution is 5.89. The first-order valence-electron chi connectivity index (χ1n) is 7.40. The fourth-order valence-corrected chi connectivity index (χ4v) is 1.83. The van der Waals surface area contributed by atoms with E-state index in [9.17, 15) is 4.79 Å². The van der Waals surface area contributed by atoms with Crippen LogP contribution in [0.3, 0.4) is 0 Å². The van der Waals surface area contributed by atoms with E-state index < -0.39 is 10.8 Å². The lowest BCUT2D eigenvalue weighted by Crippen LogP contribution is -2.46. The van der Waals surface area contributed by atoms with Crippen molar-refractivity contribution in [1.82, 2.24) is 0 Å². The van der Waals surface area contributed by atoms with Crippen LogP contribution in [-0.4, -0.2) is 30.2 Å². The van der Waals surface area contributed by atoms with Crippen LogP contribution in [0.1, 0.15) is 69.2 Å². The molecule has 0 spiro atoms. The van der Waals surface area contributed by atoms with Gasteiger partial charge in [-0.2, -0.15) is 0 Å². The molecule has 120 valence electrons. The molecule has 0 unspecified atom stereocenters. The van der Waals surface area contributed by atoms with Gasteiger partial charge in [-0.3, -0.25) is 4.79 Å². The number of carbonyl (C=O) groups is 1. The molecule has 0 saturated carbocycles. The van der Waals surface area contributed by atoms with E-state index in [2.05, 4.69) is 0 Å². The summed E-state index contributed by atoms with van der Waals surface area (Å²) in [5.74, 6) is 0.179. The third-order valence-electron chi connectivity index (χ3n) is 2.88. The van der Waals surface area contributed by atoms with Crippen LogP contribution >= 0.6 is 0 Å². The summed E-state index contributed by atoms with van der Waals surface area (Å²) in [5, 5.41) is 0. The normalized spacial score (nSPS) is 14.5. The van der Waals surface area contributed by atoms with Crippen molar-refractivity contribution in [1.29, 1.82) is 0 Å². The van der Waals surface area contributed by atoms with Gasteiger partial charge in [0.25, 0.3) is 0 Å². The van der Waals surface area contributed by atoms with Crippen molar-refractivity contribution in [3.8, 4) is 0 Å². The van der Waals surface area contributed by atoms with Crippen molar-refractivity contribution in [2.24, 2.45) is 10.8 Å². The molecule has 0 bridgehead atoms. The lowest BCUT2D eigenvalue weighted by atomic mass is 9.74. The predicted molar refractivity (Wildman–Crippen MR) is 84.0 cm³/mol. The molecule has 0 aliphatic heterocycles. The summed E-state index contributed by atoms with van der Waals surface area (Å²) in [4.78, 5) is 12.8. The molecule has 0 rings (SSSR count). The third-order valence-corrected chi connectivity index (χ3v) is 2.88. The zero-order chi connectivity index (χ0) is 16.4. The fourth-order valence-electron chi connectivity index (χ4n) is 1.83. The maximum Gasteiger partial charge on any atom is 0.148 e. The van der Waals surface area contributed by atoms with Crippen molar-refractivity contribution in [2.45, 2.75) is 80.4 Å². The summed E-state index contributed by atoms with van der Waals surface area (Å²) < 4.78 is 11.8. The Balaban J connectivity index is 5.08. The molecule has 0 amide bonds. The molecule has 3 heteroatoms. The van der Waals surface area contributed by atoms with Gasteiger partial charge in [-0.1, -0.05) is 20.8 Å². The Morgan fingerprint density at radius 1 is 0.700 bits per heavy atom. The first kappa shape index (κ1) is 19.6. The first-order valence-corrected chi connectivity index (χ1v) is 7.40. The molecular formula is C17H34O3. The van der Waals surface area contributed by atoms with E-state index in [4.69, 9.17) is 9.47 Å². The summed E-state index contributed by atoms with van der Waals surface area (Å²) in [7, 11) is 0. The number of hydrogen-bond acceptors (Lipinski definition) is 3. The van der Waals surface area contributed by atoms with Gasteiger partial charge in [-0.05, 0) is 48.5 Å². The average molecular weight is 286 g/mol. The second kappa shape index (κ2) is 6.15. The SMILES string of the molecule is CC(C)(C)OCC(C)(COC(C)(C)C)C(=O)C(C)(C)C. The smallest absolute Gasteiger partial charge is 0.148 e. The second-order valence-electron chi connectivity index (χ2n) is 8.94. The molecule has 0 aromatic rings. The third kappa shape index (κ3) is 7.39. The molecule has 0 aliphatic rings. The largest absolute Gasteiger partial charge is 0.375 e. The summed E-state index contributed by atoms with van der Waals surface area (Å²) in [5.41, 5.74) is -1.56. The number of ketones is 1. The molecule has 20 heavy (non-hydrogen) atoms. The van der Waals surface area contributed by atoms with Crippen LogP contribution in [0.25, 0.3) is 0 Å². The topological polar surface area (TPSA) is 35.5 Å². The minimum atomic E-state index is -0.626. The first-order chi connectivity index (χ1) is 8.57. The van der Waals surface area contributed by atoms with E-state index >= 15 is 0 Å². The van der Waals surface area contributed by atoms with Crippen LogP contribution in [0, 0.1) is 10.8 Å². The molecule has 0 fully saturated rings. The van der Waals surface area contributed by atoms with Crippen molar-refractivity contribution < 1.29 is 14.3 Å². The average Bonchev–Trinajstić information content (AvgIpc) is 2.19. The summed E-state index contributed by atoms with van der Waals surface area (Å²) in [6.07, 6.45) is 0. The monoisotopic (exact) mass is 286 g/mol. The quantitative estimate of drug-likeness (QED) is 0.758. The van der Waals surface area contributed by atoms with E-state index in [1.165, 1.54) is 0 Å². The zero-order valence-corrected chi connectivity index (χ0v) is 15.1. The lowest BCUT2D eigenvalue weighted by Gasteiger charge is -2.37. The van der Waals surface area contributed by atoms with Crippen LogP contribution in [0.2, 0.25) is 0 Å². The highest BCUT2D eigenvalue weighted by Crippen LogP contribution is 2.32. The van der Waals surface area contributed by atoms with Crippen molar-refractivity contribution in [3.05, 3.63) is 0 Å². The minimum absolute atomic E-state index is 0.179. The van der Waals surface area contributed by atoms with Gasteiger partial charge in [-0.15, -0.1) is 0 Å². The molecule has 0 atom stereocenters. The predicted octanol–water partition coefficient (Wildman–Crippen LogP) is 4.24. The Labute approximate surface area is 125 Å². The summed E-state index contributed by atoms with van der Waals surface area (Å²) >= 11 is 0. The zero-order valence-electron chi connectivity index (χ0n) is 15.1. The lowest BCUT2D eigenvalue weighted by molar-refractivity contribution is -0.154. The van der Waals surface area contributed by atoms with Gasteiger partial charge in [0.15, 0.2) is 0 Å². The van der Waals surface area contributed by atoms with Gasteiger partial charge < -0.3 is 9.47 Å². The Hall–Kier alpha value is -0.410. The second-order valence-corrected chi connectivity index (χ2v) is 8.94. The fraction of sp³-hybridized carbons (Fsp3) is 0.941. The molecule has 0 aromatic heterocycles. The molecule has 0 aliphatic carbocycles. The van der Waals surface area contributed by atoms with E-state index in [0.29, 0.717) is 13.2 Å². The summed E-state index contributed by atoms with van der Waals surface area (Å²) in [6, 6.07) is 0. The highest BCUT2D eigenvalue weighted by Gasteiger charge is 2.42. The molecule has 0 aromatic carbocycles. The maximum atomic E-state index is 12.8. The van der Waals surface area contributed by atoms with Crippen molar-refractivity contribution in [3.63, 3.8) is 0 Å². The van der Waals surface area contributed by atoms with Crippen LogP contribution < -0.4 is 0 Å². The number of ether oxygens (including phenoxy) is 2. The van der Waals surface area contributed by atoms with E-state index in [0.717, 1.165) is 0 Å². The van der Waals surface area contributed by atoms with Gasteiger partial charge in [0.2, 0.25) is 0 Å². The molecule has 0 N–H and O–H groups in total. The Kier molecular flexibility index (Phi) is 6.02. The van der Waals surface area contributed by atoms with Gasteiger partial charge in [0.1, 0.15) is 5.78 Å². The Morgan fingerprint density at radius 3 is 1.20 bits per heavy atom. The van der Waals surface area contributed by atoms with E-state index in [-0.39, 0.29) is 17.0 Å². The van der Waals surface area contributed by atoms with Crippen molar-refractivity contribution in [2.75, 3.05) is 13.2 Å². The van der Waals surface area contributed by atoms with Crippen LogP contribution in [0.4, 0.5) is 0 Å². The molecular weight excluding hydrogens is 252 g/mol. The number of Topliss-reactive ketones (excluding diaryl/α,β-unsaturated/α-hetero) is 1. The molecule has 3 nitrogen and oxygen atoms in total. The van der Waals surface area contributed by atoms with Crippen LogP contribution in [0.5, 0.6) is 0 Å². The minimum Gasteiger partial charge on any atom is -0.375 e. The number of carbonyl (C=O) groups excluding carboxylic acids is 1. The molecule has 0 radical (unpaired) electrons. The van der Waals surface area contributed by atoms with Crippen LogP contribution in [-0.2, 0) is 14.3 Å².